The van der Waals surface area contributed by atoms with Crippen molar-refractivity contribution < 1.29 is 9.59 Å². The molecule has 6 nitrogen and oxygen atoms in total. The molecule has 3 unspecified atom stereocenters. The largest absolute Gasteiger partial charge is 0.369 e. The van der Waals surface area contributed by atoms with E-state index in [-0.39, 0.29) is 36.2 Å². The number of piperidine rings is 1. The first-order valence-corrected chi connectivity index (χ1v) is 13.1. The highest BCUT2D eigenvalue weighted by molar-refractivity contribution is 7.11. The van der Waals surface area contributed by atoms with Crippen LogP contribution in [0, 0.1) is 11.8 Å². The first kappa shape index (κ1) is 21.6. The number of hydrogen-bond acceptors (Lipinski definition) is 6. The zero-order valence-corrected chi connectivity index (χ0v) is 19.6. The fraction of sp³-hybridized carbons (Fsp3) is 0.458. The number of carbonyl (C=O) groups is 2. The number of thiophene rings is 2. The normalized spacial score (nSPS) is 27.4. The maximum Gasteiger partial charge on any atom is 0.257 e. The van der Waals surface area contributed by atoms with Gasteiger partial charge in [0.05, 0.1) is 24.2 Å². The van der Waals surface area contributed by atoms with Gasteiger partial charge in [0.1, 0.15) is 0 Å². The first-order valence-electron chi connectivity index (χ1n) is 11.3. The van der Waals surface area contributed by atoms with E-state index in [4.69, 9.17) is 10.8 Å². The van der Waals surface area contributed by atoms with E-state index in [1.54, 1.807) is 27.7 Å². The summed E-state index contributed by atoms with van der Waals surface area (Å²) >= 11 is 3.42. The molecule has 2 amide bonds. The molecule has 2 fully saturated rings. The summed E-state index contributed by atoms with van der Waals surface area (Å²) in [4.78, 5) is 29.7. The maximum atomic E-state index is 13.5. The lowest BCUT2D eigenvalue weighted by atomic mass is 9.79. The maximum absolute atomic E-state index is 13.5. The Bertz CT molecular complexity index is 1030. The summed E-state index contributed by atoms with van der Waals surface area (Å²) in [6.45, 7) is 1.65. The van der Waals surface area contributed by atoms with Gasteiger partial charge in [-0.3, -0.25) is 14.5 Å². The quantitative estimate of drug-likeness (QED) is 0.717. The number of likely N-dealkylation sites (tertiary alicyclic amines) is 1. The number of allylic oxidation sites excluding steroid dienone is 1. The first-order chi connectivity index (χ1) is 15.6. The van der Waals surface area contributed by atoms with E-state index >= 15 is 0 Å². The molecule has 4 heterocycles. The fourth-order valence-corrected chi connectivity index (χ4v) is 6.74. The Labute approximate surface area is 196 Å². The standard InChI is InChI=1S/C24H28N4O2S2/c25-24(30)17-6-2-10-27(14-17)15-21(29)28-23(20-9-4-12-32-20)19-8-1-5-16(22(19)26-28)13-18-7-3-11-31-18/h3-4,7,9,11-13,17,19,23H,1-2,5-6,8,10,14-15H2,(H2,25,30). The van der Waals surface area contributed by atoms with Crippen LogP contribution in [0.1, 0.15) is 47.9 Å². The van der Waals surface area contributed by atoms with Crippen molar-refractivity contribution in [2.75, 3.05) is 19.6 Å². The zero-order valence-electron chi connectivity index (χ0n) is 18.0. The van der Waals surface area contributed by atoms with Crippen LogP contribution >= 0.6 is 22.7 Å². The molecule has 1 saturated heterocycles. The van der Waals surface area contributed by atoms with Crippen molar-refractivity contribution in [3.63, 3.8) is 0 Å². The van der Waals surface area contributed by atoms with E-state index in [1.807, 2.05) is 6.07 Å². The molecule has 2 aromatic heterocycles. The van der Waals surface area contributed by atoms with Gasteiger partial charge < -0.3 is 5.73 Å². The third kappa shape index (κ3) is 4.31. The van der Waals surface area contributed by atoms with Gasteiger partial charge in [-0.2, -0.15) is 5.10 Å². The number of nitrogens with zero attached hydrogens (tertiary/aromatic N) is 3. The molecule has 5 rings (SSSR count). The summed E-state index contributed by atoms with van der Waals surface area (Å²) in [6, 6.07) is 8.32. The van der Waals surface area contributed by atoms with Crippen LogP contribution in [0.2, 0.25) is 0 Å². The Kier molecular flexibility index (Phi) is 6.26. The summed E-state index contributed by atoms with van der Waals surface area (Å²) in [6.07, 6.45) is 7.09. The van der Waals surface area contributed by atoms with E-state index in [0.29, 0.717) is 6.54 Å². The number of primary amides is 1. The van der Waals surface area contributed by atoms with E-state index < -0.39 is 0 Å². The molecule has 8 heteroatoms. The van der Waals surface area contributed by atoms with Crippen LogP contribution in [-0.4, -0.2) is 47.1 Å². The smallest absolute Gasteiger partial charge is 0.257 e. The predicted molar refractivity (Wildman–Crippen MR) is 129 cm³/mol. The second-order valence-electron chi connectivity index (χ2n) is 8.84. The van der Waals surface area contributed by atoms with Crippen molar-refractivity contribution in [2.45, 2.75) is 38.1 Å². The number of hydrazone groups is 1. The topological polar surface area (TPSA) is 79.0 Å². The third-order valence-electron chi connectivity index (χ3n) is 6.72. The van der Waals surface area contributed by atoms with E-state index in [9.17, 15) is 9.59 Å². The molecule has 168 valence electrons. The highest BCUT2D eigenvalue weighted by Gasteiger charge is 2.44. The summed E-state index contributed by atoms with van der Waals surface area (Å²) in [7, 11) is 0. The summed E-state index contributed by atoms with van der Waals surface area (Å²) in [5.74, 6) is -0.199. The molecule has 0 spiro atoms. The molecule has 2 aliphatic heterocycles. The molecule has 32 heavy (non-hydrogen) atoms. The predicted octanol–water partition coefficient (Wildman–Crippen LogP) is 4.13. The Morgan fingerprint density at radius 3 is 2.75 bits per heavy atom. The van der Waals surface area contributed by atoms with Gasteiger partial charge in [-0.25, -0.2) is 5.01 Å². The highest BCUT2D eigenvalue weighted by Crippen LogP contribution is 2.45. The molecule has 0 radical (unpaired) electrons. The minimum atomic E-state index is -0.269. The lowest BCUT2D eigenvalue weighted by Crippen LogP contribution is -2.46. The molecule has 3 aliphatic rings. The lowest BCUT2D eigenvalue weighted by molar-refractivity contribution is -0.136. The van der Waals surface area contributed by atoms with Gasteiger partial charge in [0.15, 0.2) is 0 Å². The second kappa shape index (κ2) is 9.29. The molecule has 1 aliphatic carbocycles. The molecule has 3 atom stereocenters. The van der Waals surface area contributed by atoms with Gasteiger partial charge in [-0.15, -0.1) is 22.7 Å². The van der Waals surface area contributed by atoms with Gasteiger partial charge in [-0.05, 0) is 73.2 Å². The molecule has 0 bridgehead atoms. The van der Waals surface area contributed by atoms with Crippen LogP contribution in [0.15, 0.2) is 45.7 Å². The average molecular weight is 469 g/mol. The Morgan fingerprint density at radius 2 is 2.00 bits per heavy atom. The number of carbonyl (C=O) groups excluding carboxylic acids is 2. The molecular weight excluding hydrogens is 440 g/mol. The Morgan fingerprint density at radius 1 is 1.16 bits per heavy atom. The van der Waals surface area contributed by atoms with Gasteiger partial charge >= 0.3 is 0 Å². The van der Waals surface area contributed by atoms with Crippen molar-refractivity contribution in [3.05, 3.63) is 50.4 Å². The van der Waals surface area contributed by atoms with Crippen molar-refractivity contribution >= 4 is 46.3 Å². The van der Waals surface area contributed by atoms with Gasteiger partial charge in [0.2, 0.25) is 5.91 Å². The summed E-state index contributed by atoms with van der Waals surface area (Å²) in [5, 5.41) is 10.9. The third-order valence-corrected chi connectivity index (χ3v) is 8.48. The van der Waals surface area contributed by atoms with Crippen LogP contribution in [-0.2, 0) is 9.59 Å². The van der Waals surface area contributed by atoms with Gasteiger partial charge in [0.25, 0.3) is 5.91 Å². The number of hydrogen-bond donors (Lipinski definition) is 1. The minimum absolute atomic E-state index is 0.00546. The average Bonchev–Trinajstić information content (AvgIpc) is 3.54. The van der Waals surface area contributed by atoms with Crippen LogP contribution < -0.4 is 5.73 Å². The van der Waals surface area contributed by atoms with E-state index in [1.165, 1.54) is 15.3 Å². The zero-order chi connectivity index (χ0) is 22.1. The summed E-state index contributed by atoms with van der Waals surface area (Å²) < 4.78 is 0. The number of fused-ring (bicyclic) bond motifs is 1. The van der Waals surface area contributed by atoms with Crippen molar-refractivity contribution in [1.82, 2.24) is 9.91 Å². The fourth-order valence-electron chi connectivity index (χ4n) is 5.19. The molecule has 1 saturated carbocycles. The minimum Gasteiger partial charge on any atom is -0.369 e. The molecular formula is C24H28N4O2S2. The van der Waals surface area contributed by atoms with Crippen LogP contribution in [0.5, 0.6) is 0 Å². The van der Waals surface area contributed by atoms with Crippen molar-refractivity contribution in [1.29, 1.82) is 0 Å². The van der Waals surface area contributed by atoms with E-state index in [0.717, 1.165) is 44.4 Å². The van der Waals surface area contributed by atoms with Crippen molar-refractivity contribution in [3.8, 4) is 0 Å². The van der Waals surface area contributed by atoms with Crippen LogP contribution in [0.4, 0.5) is 0 Å². The number of nitrogens with two attached hydrogens (primary N) is 1. The molecule has 2 N–H and O–H groups in total. The van der Waals surface area contributed by atoms with Gasteiger partial charge in [0, 0.05) is 22.2 Å². The van der Waals surface area contributed by atoms with Crippen molar-refractivity contribution in [2.24, 2.45) is 22.7 Å². The van der Waals surface area contributed by atoms with E-state index in [2.05, 4.69) is 39.9 Å². The number of amides is 2. The highest BCUT2D eigenvalue weighted by atomic mass is 32.1. The van der Waals surface area contributed by atoms with Crippen LogP contribution in [0.3, 0.4) is 0 Å². The summed E-state index contributed by atoms with van der Waals surface area (Å²) in [5.41, 5.74) is 7.86. The monoisotopic (exact) mass is 468 g/mol. The molecule has 2 aromatic rings. The Balaban J connectivity index is 1.42. The number of rotatable bonds is 5. The Hall–Kier alpha value is -2.29. The molecule has 0 aromatic carbocycles. The lowest BCUT2D eigenvalue weighted by Gasteiger charge is -2.33. The van der Waals surface area contributed by atoms with Crippen LogP contribution in [0.25, 0.3) is 6.08 Å². The second-order valence-corrected chi connectivity index (χ2v) is 10.8. The van der Waals surface area contributed by atoms with Gasteiger partial charge in [-0.1, -0.05) is 12.1 Å². The SMILES string of the molecule is NC(=O)C1CCCN(CC(=O)N2N=C3C(=Cc4cccs4)CCCC3C2c2cccs2)C1.